The Balaban J connectivity index is 1.90. The minimum atomic E-state index is -0.425. The Hall–Kier alpha value is -1.65. The van der Waals surface area contributed by atoms with Gasteiger partial charge in [0.25, 0.3) is 0 Å². The van der Waals surface area contributed by atoms with Crippen LogP contribution >= 0.6 is 15.9 Å². The highest BCUT2D eigenvalue weighted by molar-refractivity contribution is 9.10. The number of Topliss-reactive ketones (excluding diaryl/α,β-unsaturated/α-hetero) is 1. The highest BCUT2D eigenvalue weighted by Gasteiger charge is 2.34. The van der Waals surface area contributed by atoms with Gasteiger partial charge in [-0.2, -0.15) is 0 Å². The average molecular weight is 346 g/mol. The second-order valence-corrected chi connectivity index (χ2v) is 5.96. The van der Waals surface area contributed by atoms with Crippen molar-refractivity contribution in [3.05, 3.63) is 64.6 Å². The summed E-state index contributed by atoms with van der Waals surface area (Å²) in [5.41, 5.74) is 2.02. The molecule has 0 unspecified atom stereocenters. The molecule has 4 heteroatoms. The number of hydrogen-bond acceptors (Lipinski definition) is 3. The van der Waals surface area contributed by atoms with Crippen molar-refractivity contribution in [2.24, 2.45) is 0 Å². The zero-order valence-corrected chi connectivity index (χ0v) is 13.0. The van der Waals surface area contributed by atoms with Gasteiger partial charge in [0.1, 0.15) is 6.10 Å². The number of ether oxygens (including phenoxy) is 1. The fraction of sp³-hybridized carbons (Fsp3) is 0.235. The van der Waals surface area contributed by atoms with E-state index in [1.807, 2.05) is 54.6 Å². The molecule has 2 atom stereocenters. The molecule has 3 rings (SSSR count). The molecule has 3 nitrogen and oxygen atoms in total. The van der Waals surface area contributed by atoms with E-state index in [2.05, 4.69) is 21.2 Å². The van der Waals surface area contributed by atoms with Gasteiger partial charge in [0.15, 0.2) is 5.78 Å². The fourth-order valence-corrected chi connectivity index (χ4v) is 2.79. The van der Waals surface area contributed by atoms with Gasteiger partial charge in [-0.15, -0.1) is 0 Å². The van der Waals surface area contributed by atoms with Crippen molar-refractivity contribution in [2.45, 2.75) is 18.6 Å². The number of halogens is 1. The summed E-state index contributed by atoms with van der Waals surface area (Å²) in [6, 6.07) is 17.7. The van der Waals surface area contributed by atoms with Crippen LogP contribution in [0.25, 0.3) is 0 Å². The molecular weight excluding hydrogens is 330 g/mol. The molecule has 1 N–H and O–H groups in total. The van der Waals surface area contributed by atoms with Crippen LogP contribution in [0.5, 0.6) is 0 Å². The summed E-state index contributed by atoms with van der Waals surface area (Å²) in [6.45, 7) is 0.507. The highest BCUT2D eigenvalue weighted by Crippen LogP contribution is 2.29. The maximum Gasteiger partial charge on any atom is 0.166 e. The maximum atomic E-state index is 12.1. The van der Waals surface area contributed by atoms with Crippen molar-refractivity contribution in [2.75, 3.05) is 11.9 Å². The number of anilines is 1. The third-order valence-electron chi connectivity index (χ3n) is 3.59. The van der Waals surface area contributed by atoms with Gasteiger partial charge < -0.3 is 10.1 Å². The molecule has 1 saturated heterocycles. The quantitative estimate of drug-likeness (QED) is 0.911. The van der Waals surface area contributed by atoms with E-state index in [9.17, 15) is 4.79 Å². The third kappa shape index (κ3) is 3.34. The molecule has 108 valence electrons. The lowest BCUT2D eigenvalue weighted by atomic mass is 9.98. The zero-order valence-electron chi connectivity index (χ0n) is 11.5. The lowest BCUT2D eigenvalue weighted by Gasteiger charge is -2.25. The van der Waals surface area contributed by atoms with E-state index in [0.29, 0.717) is 13.0 Å². The molecule has 0 radical (unpaired) electrons. The van der Waals surface area contributed by atoms with Crippen LogP contribution in [0.1, 0.15) is 18.0 Å². The van der Waals surface area contributed by atoms with Crippen molar-refractivity contribution < 1.29 is 9.53 Å². The van der Waals surface area contributed by atoms with Gasteiger partial charge in [-0.1, -0.05) is 46.3 Å². The first-order chi connectivity index (χ1) is 10.2. The minimum absolute atomic E-state index is 0.159. The molecule has 1 aliphatic rings. The van der Waals surface area contributed by atoms with Crippen LogP contribution in [0.3, 0.4) is 0 Å². The van der Waals surface area contributed by atoms with E-state index < -0.39 is 6.10 Å². The summed E-state index contributed by atoms with van der Waals surface area (Å²) in [7, 11) is 0. The summed E-state index contributed by atoms with van der Waals surface area (Å²) in [5.74, 6) is 0.159. The molecular formula is C17H16BrNO2. The lowest BCUT2D eigenvalue weighted by molar-refractivity contribution is -0.122. The SMILES string of the molecule is O=C1CCO[C@@H]1[C@@H](Nc1ccccc1)c1ccc(Br)cc1. The van der Waals surface area contributed by atoms with Gasteiger partial charge in [0.05, 0.1) is 12.6 Å². The predicted octanol–water partition coefficient (Wildman–Crippen LogP) is 3.96. The van der Waals surface area contributed by atoms with E-state index in [1.54, 1.807) is 0 Å². The minimum Gasteiger partial charge on any atom is -0.375 e. The standard InChI is InChI=1S/C17H16BrNO2/c18-13-8-6-12(7-9-13)16(17-15(20)10-11-21-17)19-14-4-2-1-3-5-14/h1-9,16-17,19H,10-11H2/t16-,17-/m0/s1. The number of ketones is 1. The topological polar surface area (TPSA) is 38.3 Å². The van der Waals surface area contributed by atoms with Crippen molar-refractivity contribution in [1.82, 2.24) is 0 Å². The van der Waals surface area contributed by atoms with E-state index >= 15 is 0 Å². The first kappa shape index (κ1) is 14.3. The molecule has 2 aromatic rings. The van der Waals surface area contributed by atoms with Crippen LogP contribution in [0.2, 0.25) is 0 Å². The summed E-state index contributed by atoms with van der Waals surface area (Å²) in [6.07, 6.45) is 0.0696. The third-order valence-corrected chi connectivity index (χ3v) is 4.12. The number of carbonyl (C=O) groups is 1. The normalized spacial score (nSPS) is 19.5. The van der Waals surface area contributed by atoms with Gasteiger partial charge in [0.2, 0.25) is 0 Å². The molecule has 0 aliphatic carbocycles. The molecule has 1 fully saturated rings. The Bertz CT molecular complexity index is 612. The second-order valence-electron chi connectivity index (χ2n) is 5.05. The Morgan fingerprint density at radius 3 is 2.43 bits per heavy atom. The number of carbonyl (C=O) groups excluding carboxylic acids is 1. The van der Waals surface area contributed by atoms with Crippen molar-refractivity contribution >= 4 is 27.4 Å². The smallest absolute Gasteiger partial charge is 0.166 e. The largest absolute Gasteiger partial charge is 0.375 e. The van der Waals surface area contributed by atoms with Gasteiger partial charge >= 0.3 is 0 Å². The molecule has 0 saturated carbocycles. The van der Waals surface area contributed by atoms with Gasteiger partial charge in [0, 0.05) is 16.6 Å². The summed E-state index contributed by atoms with van der Waals surface area (Å²) >= 11 is 3.44. The van der Waals surface area contributed by atoms with Crippen LogP contribution in [-0.4, -0.2) is 18.5 Å². The van der Waals surface area contributed by atoms with Crippen LogP contribution in [0, 0.1) is 0 Å². The van der Waals surface area contributed by atoms with Gasteiger partial charge in [-0.25, -0.2) is 0 Å². The summed E-state index contributed by atoms with van der Waals surface area (Å²) < 4.78 is 6.68. The number of rotatable bonds is 4. The lowest BCUT2D eigenvalue weighted by Crippen LogP contribution is -2.30. The van der Waals surface area contributed by atoms with E-state index in [1.165, 1.54) is 0 Å². The summed E-state index contributed by atoms with van der Waals surface area (Å²) in [5, 5.41) is 3.43. The molecule has 0 amide bonds. The average Bonchev–Trinajstić information content (AvgIpc) is 2.93. The van der Waals surface area contributed by atoms with Crippen molar-refractivity contribution in [1.29, 1.82) is 0 Å². The number of nitrogens with one attached hydrogen (secondary N) is 1. The second kappa shape index (κ2) is 6.41. The monoisotopic (exact) mass is 345 g/mol. The number of para-hydroxylation sites is 1. The molecule has 0 bridgehead atoms. The molecule has 21 heavy (non-hydrogen) atoms. The molecule has 2 aromatic carbocycles. The van der Waals surface area contributed by atoms with Crippen LogP contribution in [0.15, 0.2) is 59.1 Å². The molecule has 0 spiro atoms. The van der Waals surface area contributed by atoms with Crippen LogP contribution < -0.4 is 5.32 Å². The molecule has 1 heterocycles. The molecule has 1 aliphatic heterocycles. The zero-order chi connectivity index (χ0) is 14.7. The van der Waals surface area contributed by atoms with E-state index in [4.69, 9.17) is 4.74 Å². The first-order valence-electron chi connectivity index (χ1n) is 6.95. The van der Waals surface area contributed by atoms with Crippen LogP contribution in [-0.2, 0) is 9.53 Å². The van der Waals surface area contributed by atoms with Crippen molar-refractivity contribution in [3.8, 4) is 0 Å². The Kier molecular flexibility index (Phi) is 4.36. The highest BCUT2D eigenvalue weighted by atomic mass is 79.9. The van der Waals surface area contributed by atoms with E-state index in [0.717, 1.165) is 15.7 Å². The van der Waals surface area contributed by atoms with Crippen molar-refractivity contribution in [3.63, 3.8) is 0 Å². The summed E-state index contributed by atoms with van der Waals surface area (Å²) in [4.78, 5) is 12.1. The fourth-order valence-electron chi connectivity index (χ4n) is 2.52. The Labute approximate surface area is 132 Å². The number of benzene rings is 2. The van der Waals surface area contributed by atoms with E-state index in [-0.39, 0.29) is 11.8 Å². The van der Waals surface area contributed by atoms with Gasteiger partial charge in [-0.05, 0) is 29.8 Å². The predicted molar refractivity (Wildman–Crippen MR) is 86.3 cm³/mol. The molecule has 0 aromatic heterocycles. The Morgan fingerprint density at radius 1 is 1.10 bits per heavy atom. The van der Waals surface area contributed by atoms with Crippen LogP contribution in [0.4, 0.5) is 5.69 Å². The first-order valence-corrected chi connectivity index (χ1v) is 7.75. The van der Waals surface area contributed by atoms with Gasteiger partial charge in [-0.3, -0.25) is 4.79 Å². The Morgan fingerprint density at radius 2 is 1.81 bits per heavy atom. The number of hydrogen-bond donors (Lipinski definition) is 1. The maximum absolute atomic E-state index is 12.1.